The highest BCUT2D eigenvalue weighted by atomic mass is 19.4. The molecular formula is C13H14F3NO2. The Morgan fingerprint density at radius 3 is 2.42 bits per heavy atom. The molecule has 0 aromatic heterocycles. The zero-order valence-electron chi connectivity index (χ0n) is 10.4. The van der Waals surface area contributed by atoms with Gasteiger partial charge >= 0.3 is 6.36 Å². The van der Waals surface area contributed by atoms with Gasteiger partial charge in [-0.2, -0.15) is 0 Å². The van der Waals surface area contributed by atoms with Crippen molar-refractivity contribution >= 4 is 11.5 Å². The highest BCUT2D eigenvalue weighted by Gasteiger charge is 2.31. The molecule has 0 saturated carbocycles. The predicted molar refractivity (Wildman–Crippen MR) is 64.2 cm³/mol. The molecule has 1 unspecified atom stereocenters. The number of piperidine rings is 1. The second-order valence-corrected chi connectivity index (χ2v) is 4.58. The second kappa shape index (κ2) is 5.11. The van der Waals surface area contributed by atoms with Crippen molar-refractivity contribution in [2.75, 3.05) is 11.4 Å². The number of hydrogen-bond donors (Lipinski definition) is 0. The van der Waals surface area contributed by atoms with Crippen molar-refractivity contribution in [1.82, 2.24) is 0 Å². The van der Waals surface area contributed by atoms with Crippen LogP contribution in [0, 0.1) is 0 Å². The number of nitrogens with zero attached hydrogens (tertiary/aromatic N) is 1. The van der Waals surface area contributed by atoms with Crippen LogP contribution in [0.15, 0.2) is 24.3 Å². The van der Waals surface area contributed by atoms with Crippen LogP contribution in [0.1, 0.15) is 19.8 Å². The lowest BCUT2D eigenvalue weighted by Crippen LogP contribution is -2.41. The van der Waals surface area contributed by atoms with Crippen LogP contribution in [-0.4, -0.2) is 24.7 Å². The number of rotatable bonds is 2. The van der Waals surface area contributed by atoms with Crippen molar-refractivity contribution < 1.29 is 22.7 Å². The topological polar surface area (TPSA) is 29.5 Å². The van der Waals surface area contributed by atoms with Crippen LogP contribution in [-0.2, 0) is 4.79 Å². The molecule has 0 radical (unpaired) electrons. The zero-order chi connectivity index (χ0) is 14.0. The molecule has 1 saturated heterocycles. The molecule has 0 spiro atoms. The molecule has 6 heteroatoms. The number of halogens is 3. The van der Waals surface area contributed by atoms with Crippen molar-refractivity contribution in [3.63, 3.8) is 0 Å². The van der Waals surface area contributed by atoms with Crippen molar-refractivity contribution in [2.24, 2.45) is 0 Å². The van der Waals surface area contributed by atoms with Gasteiger partial charge in [0.1, 0.15) is 11.5 Å². The fourth-order valence-corrected chi connectivity index (χ4v) is 2.23. The van der Waals surface area contributed by atoms with Crippen LogP contribution in [0.2, 0.25) is 0 Å². The first-order chi connectivity index (χ1) is 8.85. The first-order valence-electron chi connectivity index (χ1n) is 5.99. The van der Waals surface area contributed by atoms with Gasteiger partial charge in [0.25, 0.3) is 0 Å². The Bertz CT molecular complexity index is 456. The van der Waals surface area contributed by atoms with Gasteiger partial charge in [-0.25, -0.2) is 0 Å². The van der Waals surface area contributed by atoms with Gasteiger partial charge in [-0.05, 0) is 31.2 Å². The average Bonchev–Trinajstić information content (AvgIpc) is 2.28. The van der Waals surface area contributed by atoms with Crippen molar-refractivity contribution in [3.05, 3.63) is 24.3 Å². The Balaban J connectivity index is 2.08. The summed E-state index contributed by atoms with van der Waals surface area (Å²) in [4.78, 5) is 13.3. The van der Waals surface area contributed by atoms with Crippen LogP contribution in [0.5, 0.6) is 5.75 Å². The number of ether oxygens (including phenoxy) is 1. The van der Waals surface area contributed by atoms with E-state index in [-0.39, 0.29) is 17.6 Å². The smallest absolute Gasteiger partial charge is 0.406 e. The van der Waals surface area contributed by atoms with Gasteiger partial charge < -0.3 is 9.64 Å². The minimum absolute atomic E-state index is 0.0654. The number of ketones is 1. The molecule has 3 nitrogen and oxygen atoms in total. The van der Waals surface area contributed by atoms with E-state index in [4.69, 9.17) is 0 Å². The monoisotopic (exact) mass is 273 g/mol. The highest BCUT2D eigenvalue weighted by molar-refractivity contribution is 5.81. The SMILES string of the molecule is CC1CC(=O)CCN1c1ccc(OC(F)(F)F)cc1. The maximum absolute atomic E-state index is 12.0. The molecule has 1 atom stereocenters. The minimum Gasteiger partial charge on any atom is -0.406 e. The Hall–Kier alpha value is -1.72. The van der Waals surface area contributed by atoms with Gasteiger partial charge in [-0.15, -0.1) is 13.2 Å². The van der Waals surface area contributed by atoms with Crippen LogP contribution in [0.25, 0.3) is 0 Å². The largest absolute Gasteiger partial charge is 0.573 e. The van der Waals surface area contributed by atoms with E-state index < -0.39 is 6.36 Å². The molecule has 0 amide bonds. The maximum Gasteiger partial charge on any atom is 0.573 e. The van der Waals surface area contributed by atoms with Crippen LogP contribution in [0.4, 0.5) is 18.9 Å². The van der Waals surface area contributed by atoms with Gasteiger partial charge in [-0.3, -0.25) is 4.79 Å². The molecule has 1 aromatic rings. The standard InChI is InChI=1S/C13H14F3NO2/c1-9-8-11(18)6-7-17(9)10-2-4-12(5-3-10)19-13(14,15)16/h2-5,9H,6-8H2,1H3. The number of hydrogen-bond acceptors (Lipinski definition) is 3. The molecule has 1 heterocycles. The van der Waals surface area contributed by atoms with Crippen LogP contribution in [0.3, 0.4) is 0 Å². The van der Waals surface area contributed by atoms with E-state index in [1.165, 1.54) is 12.1 Å². The normalized spacial score (nSPS) is 20.5. The van der Waals surface area contributed by atoms with Gasteiger partial charge in [0, 0.05) is 31.1 Å². The third-order valence-corrected chi connectivity index (χ3v) is 3.09. The van der Waals surface area contributed by atoms with Gasteiger partial charge in [-0.1, -0.05) is 0 Å². The Kier molecular flexibility index (Phi) is 3.68. The quantitative estimate of drug-likeness (QED) is 0.829. The number of anilines is 1. The summed E-state index contributed by atoms with van der Waals surface area (Å²) in [6.45, 7) is 2.52. The van der Waals surface area contributed by atoms with E-state index in [1.807, 2.05) is 11.8 Å². The van der Waals surface area contributed by atoms with Crippen molar-refractivity contribution in [3.8, 4) is 5.75 Å². The van der Waals surface area contributed by atoms with E-state index >= 15 is 0 Å². The molecule has 0 aliphatic carbocycles. The molecule has 1 aliphatic heterocycles. The molecule has 2 rings (SSSR count). The Morgan fingerprint density at radius 1 is 1.26 bits per heavy atom. The summed E-state index contributed by atoms with van der Waals surface area (Å²) in [5.74, 6) is -0.0160. The molecule has 19 heavy (non-hydrogen) atoms. The third kappa shape index (κ3) is 3.62. The molecule has 1 aromatic carbocycles. The lowest BCUT2D eigenvalue weighted by atomic mass is 10.0. The van der Waals surface area contributed by atoms with Crippen LogP contribution >= 0.6 is 0 Å². The molecule has 104 valence electrons. The minimum atomic E-state index is -4.67. The third-order valence-electron chi connectivity index (χ3n) is 3.09. The van der Waals surface area contributed by atoms with E-state index in [9.17, 15) is 18.0 Å². The van der Waals surface area contributed by atoms with Gasteiger partial charge in [0.15, 0.2) is 0 Å². The van der Waals surface area contributed by atoms with Crippen molar-refractivity contribution in [2.45, 2.75) is 32.2 Å². The van der Waals surface area contributed by atoms with Gasteiger partial charge in [0.05, 0.1) is 0 Å². The van der Waals surface area contributed by atoms with E-state index in [0.29, 0.717) is 19.4 Å². The molecule has 0 bridgehead atoms. The average molecular weight is 273 g/mol. The molecule has 0 N–H and O–H groups in total. The van der Waals surface area contributed by atoms with Crippen molar-refractivity contribution in [1.29, 1.82) is 0 Å². The molecule has 1 fully saturated rings. The lowest BCUT2D eigenvalue weighted by molar-refractivity contribution is -0.274. The fraction of sp³-hybridized carbons (Fsp3) is 0.462. The second-order valence-electron chi connectivity index (χ2n) is 4.58. The van der Waals surface area contributed by atoms with E-state index in [1.54, 1.807) is 12.1 Å². The summed E-state index contributed by atoms with van der Waals surface area (Å²) in [7, 11) is 0. The number of carbonyl (C=O) groups excluding carboxylic acids is 1. The number of benzene rings is 1. The summed E-state index contributed by atoms with van der Waals surface area (Å²) in [5.41, 5.74) is 0.800. The lowest BCUT2D eigenvalue weighted by Gasteiger charge is -2.34. The van der Waals surface area contributed by atoms with E-state index in [2.05, 4.69) is 4.74 Å². The van der Waals surface area contributed by atoms with E-state index in [0.717, 1.165) is 5.69 Å². The zero-order valence-corrected chi connectivity index (χ0v) is 10.4. The maximum atomic E-state index is 12.0. The van der Waals surface area contributed by atoms with Gasteiger partial charge in [0.2, 0.25) is 0 Å². The molecular weight excluding hydrogens is 259 g/mol. The number of alkyl halides is 3. The first-order valence-corrected chi connectivity index (χ1v) is 5.99. The Labute approximate surface area is 109 Å². The number of carbonyl (C=O) groups is 1. The first kappa shape index (κ1) is 13.7. The summed E-state index contributed by atoms with van der Waals surface area (Å²) in [6, 6.07) is 5.79. The predicted octanol–water partition coefficient (Wildman–Crippen LogP) is 3.14. The summed E-state index contributed by atoms with van der Waals surface area (Å²) in [6.07, 6.45) is -3.72. The molecule has 1 aliphatic rings. The number of Topliss-reactive ketones (excluding diaryl/α,β-unsaturated/α-hetero) is 1. The van der Waals surface area contributed by atoms with Crippen LogP contribution < -0.4 is 9.64 Å². The summed E-state index contributed by atoms with van der Waals surface area (Å²) in [5, 5.41) is 0. The fourth-order valence-electron chi connectivity index (χ4n) is 2.23. The summed E-state index contributed by atoms with van der Waals surface area (Å²) < 4.78 is 39.9. The Morgan fingerprint density at radius 2 is 1.89 bits per heavy atom. The highest BCUT2D eigenvalue weighted by Crippen LogP contribution is 2.28. The summed E-state index contributed by atoms with van der Waals surface area (Å²) >= 11 is 0.